The SMILES string of the molecule is C/C(C=N)=C(/N)S(N)(=O)=O. The summed E-state index contributed by atoms with van der Waals surface area (Å²) in [5.41, 5.74) is 5.16. The summed E-state index contributed by atoms with van der Waals surface area (Å²) in [6.45, 7) is 1.40. The average Bonchev–Trinajstić information content (AvgIpc) is 1.83. The lowest BCUT2D eigenvalue weighted by atomic mass is 10.4. The molecule has 0 aliphatic carbocycles. The van der Waals surface area contributed by atoms with Crippen LogP contribution < -0.4 is 10.9 Å². The first-order chi connectivity index (χ1) is 4.39. The first kappa shape index (κ1) is 9.12. The molecule has 0 saturated carbocycles. The Balaban J connectivity index is 5.02. The van der Waals surface area contributed by atoms with Gasteiger partial charge >= 0.3 is 0 Å². The third-order valence-corrected chi connectivity index (χ3v) is 1.85. The fourth-order valence-corrected chi connectivity index (χ4v) is 0.803. The second-order valence-corrected chi connectivity index (χ2v) is 3.27. The van der Waals surface area contributed by atoms with E-state index >= 15 is 0 Å². The molecule has 0 aliphatic heterocycles. The lowest BCUT2D eigenvalue weighted by Gasteiger charge is -1.97. The summed E-state index contributed by atoms with van der Waals surface area (Å²) in [7, 11) is -3.81. The molecule has 0 aromatic carbocycles. The number of nitrogens with one attached hydrogen (secondary N) is 1. The zero-order valence-electron chi connectivity index (χ0n) is 5.46. The van der Waals surface area contributed by atoms with E-state index in [4.69, 9.17) is 11.1 Å². The second-order valence-electron chi connectivity index (χ2n) is 1.74. The summed E-state index contributed by atoms with van der Waals surface area (Å²) >= 11 is 0. The number of sulfonamides is 1. The van der Waals surface area contributed by atoms with Crippen LogP contribution >= 0.6 is 0 Å². The van der Waals surface area contributed by atoms with E-state index in [0.29, 0.717) is 0 Å². The van der Waals surface area contributed by atoms with Gasteiger partial charge in [0.25, 0.3) is 10.0 Å². The van der Waals surface area contributed by atoms with Gasteiger partial charge in [0.2, 0.25) is 0 Å². The Morgan fingerprint density at radius 2 is 2.00 bits per heavy atom. The minimum absolute atomic E-state index is 0.141. The van der Waals surface area contributed by atoms with E-state index < -0.39 is 15.1 Å². The largest absolute Gasteiger partial charge is 0.388 e. The van der Waals surface area contributed by atoms with Crippen molar-refractivity contribution in [2.75, 3.05) is 0 Å². The molecule has 0 bridgehead atoms. The number of rotatable bonds is 2. The highest BCUT2D eigenvalue weighted by molar-refractivity contribution is 7.93. The van der Waals surface area contributed by atoms with Crippen LogP contribution in [0.15, 0.2) is 10.6 Å². The van der Waals surface area contributed by atoms with Crippen molar-refractivity contribution in [1.29, 1.82) is 5.41 Å². The standard InChI is InChI=1S/C4H9N3O2S/c1-3(2-5)4(6)10(7,8)9/h2,5H,6H2,1H3,(H2,7,8,9)/b4-3+,5-2?. The maximum absolute atomic E-state index is 10.4. The molecule has 0 saturated heterocycles. The molecular formula is C4H9N3O2S. The van der Waals surface area contributed by atoms with Gasteiger partial charge in [0.15, 0.2) is 0 Å². The molecular weight excluding hydrogens is 154 g/mol. The summed E-state index contributed by atoms with van der Waals surface area (Å²) in [5.74, 6) is 0. The molecule has 0 rings (SSSR count). The van der Waals surface area contributed by atoms with Crippen LogP contribution in [0.1, 0.15) is 6.92 Å². The summed E-state index contributed by atoms with van der Waals surface area (Å²) < 4.78 is 20.8. The number of hydrogen-bond acceptors (Lipinski definition) is 4. The van der Waals surface area contributed by atoms with Gasteiger partial charge in [-0.15, -0.1) is 0 Å². The van der Waals surface area contributed by atoms with Crippen molar-refractivity contribution < 1.29 is 8.42 Å². The van der Waals surface area contributed by atoms with Crippen LogP contribution in [0.25, 0.3) is 0 Å². The second kappa shape index (κ2) is 2.80. The Kier molecular flexibility index (Phi) is 2.56. The highest BCUT2D eigenvalue weighted by Crippen LogP contribution is 1.98. The maximum atomic E-state index is 10.4. The van der Waals surface area contributed by atoms with Gasteiger partial charge in [-0.05, 0) is 6.92 Å². The molecule has 0 amide bonds. The molecule has 10 heavy (non-hydrogen) atoms. The molecule has 6 heteroatoms. The van der Waals surface area contributed by atoms with Crippen molar-refractivity contribution in [3.8, 4) is 0 Å². The third-order valence-electron chi connectivity index (χ3n) is 0.912. The molecule has 5 nitrogen and oxygen atoms in total. The molecule has 0 aromatic heterocycles. The number of allylic oxidation sites excluding steroid dienone is 1. The van der Waals surface area contributed by atoms with Crippen molar-refractivity contribution in [2.24, 2.45) is 10.9 Å². The van der Waals surface area contributed by atoms with Crippen LogP contribution in [0.4, 0.5) is 0 Å². The van der Waals surface area contributed by atoms with Gasteiger partial charge in [0.1, 0.15) is 5.03 Å². The van der Waals surface area contributed by atoms with Crippen LogP contribution in [0, 0.1) is 5.41 Å². The van der Waals surface area contributed by atoms with Gasteiger partial charge in [0, 0.05) is 11.8 Å². The summed E-state index contributed by atoms with van der Waals surface area (Å²) in [6, 6.07) is 0. The molecule has 0 aliphatic rings. The van der Waals surface area contributed by atoms with E-state index in [1.165, 1.54) is 6.92 Å². The molecule has 58 valence electrons. The Labute approximate surface area is 59.3 Å². The predicted molar refractivity (Wildman–Crippen MR) is 38.8 cm³/mol. The quantitative estimate of drug-likeness (QED) is 0.459. The van der Waals surface area contributed by atoms with Gasteiger partial charge in [-0.25, -0.2) is 13.6 Å². The minimum atomic E-state index is -3.81. The normalized spacial score (nSPS) is 14.2. The predicted octanol–water partition coefficient (Wildman–Crippen LogP) is -0.885. The maximum Gasteiger partial charge on any atom is 0.253 e. The molecule has 0 radical (unpaired) electrons. The van der Waals surface area contributed by atoms with Crippen LogP contribution in [0.5, 0.6) is 0 Å². The lowest BCUT2D eigenvalue weighted by molar-refractivity contribution is 0.603. The Morgan fingerprint density at radius 3 is 2.10 bits per heavy atom. The van der Waals surface area contributed by atoms with Gasteiger partial charge in [-0.1, -0.05) is 0 Å². The lowest BCUT2D eigenvalue weighted by Crippen LogP contribution is -2.22. The highest BCUT2D eigenvalue weighted by atomic mass is 32.2. The smallest absolute Gasteiger partial charge is 0.253 e. The first-order valence-corrected chi connectivity index (χ1v) is 3.94. The van der Waals surface area contributed by atoms with E-state index in [0.717, 1.165) is 6.21 Å². The summed E-state index contributed by atoms with van der Waals surface area (Å²) in [5, 5.41) is 10.8. The van der Waals surface area contributed by atoms with Gasteiger partial charge < -0.3 is 11.1 Å². The van der Waals surface area contributed by atoms with Crippen LogP contribution in [0.2, 0.25) is 0 Å². The fraction of sp³-hybridized carbons (Fsp3) is 0.250. The number of hydrogen-bond donors (Lipinski definition) is 3. The zero-order valence-corrected chi connectivity index (χ0v) is 6.27. The topological polar surface area (TPSA) is 110 Å². The van der Waals surface area contributed by atoms with E-state index in [1.54, 1.807) is 0 Å². The van der Waals surface area contributed by atoms with Crippen molar-refractivity contribution in [2.45, 2.75) is 6.92 Å². The van der Waals surface area contributed by atoms with Crippen molar-refractivity contribution in [3.63, 3.8) is 0 Å². The summed E-state index contributed by atoms with van der Waals surface area (Å²) in [6.07, 6.45) is 0.833. The molecule has 0 heterocycles. The zero-order chi connectivity index (χ0) is 8.36. The van der Waals surface area contributed by atoms with E-state index in [2.05, 4.69) is 5.14 Å². The van der Waals surface area contributed by atoms with Crippen LogP contribution in [0.3, 0.4) is 0 Å². The number of nitrogens with two attached hydrogens (primary N) is 2. The Morgan fingerprint density at radius 1 is 1.60 bits per heavy atom. The van der Waals surface area contributed by atoms with Gasteiger partial charge in [-0.3, -0.25) is 0 Å². The van der Waals surface area contributed by atoms with Crippen molar-refractivity contribution in [1.82, 2.24) is 0 Å². The van der Waals surface area contributed by atoms with Crippen molar-refractivity contribution in [3.05, 3.63) is 10.6 Å². The van der Waals surface area contributed by atoms with Crippen molar-refractivity contribution >= 4 is 16.2 Å². The van der Waals surface area contributed by atoms with E-state index in [1.807, 2.05) is 0 Å². The molecule has 5 N–H and O–H groups in total. The van der Waals surface area contributed by atoms with Gasteiger partial charge in [-0.2, -0.15) is 0 Å². The third kappa shape index (κ3) is 2.16. The average molecular weight is 163 g/mol. The molecule has 0 spiro atoms. The monoisotopic (exact) mass is 163 g/mol. The molecule has 0 atom stereocenters. The minimum Gasteiger partial charge on any atom is -0.388 e. The fourth-order valence-electron chi connectivity index (χ4n) is 0.296. The molecule has 0 fully saturated rings. The summed E-state index contributed by atoms with van der Waals surface area (Å²) in [4.78, 5) is 0. The van der Waals surface area contributed by atoms with E-state index in [-0.39, 0.29) is 5.57 Å². The van der Waals surface area contributed by atoms with Crippen LogP contribution in [-0.4, -0.2) is 14.6 Å². The molecule has 0 aromatic rings. The Hall–Kier alpha value is -0.880. The number of primary sulfonamides is 1. The van der Waals surface area contributed by atoms with Gasteiger partial charge in [0.05, 0.1) is 0 Å². The first-order valence-electron chi connectivity index (χ1n) is 2.39. The molecule has 0 unspecified atom stereocenters. The van der Waals surface area contributed by atoms with Crippen LogP contribution in [-0.2, 0) is 10.0 Å². The van der Waals surface area contributed by atoms with E-state index in [9.17, 15) is 8.42 Å². The highest BCUT2D eigenvalue weighted by Gasteiger charge is 2.08. The Bertz CT molecular complexity index is 264.